The largest absolute Gasteiger partial charge is 0.357 e. The van der Waals surface area contributed by atoms with Gasteiger partial charge in [-0.2, -0.15) is 0 Å². The standard InChI is InChI=1S/C22H34N6S.HI/c1-3-23-21(25-17-15-18-10-5-4-6-11-18)24-16-9-14-20-26-27-22(29-2)28(20)19-12-7-8-13-19;/h4-6,10-11,19H,3,7-9,12-17H2,1-2H3,(H2,23,24,25);1H. The zero-order valence-electron chi connectivity index (χ0n) is 18.1. The van der Waals surface area contributed by atoms with E-state index in [1.165, 1.54) is 31.2 Å². The molecule has 1 fully saturated rings. The van der Waals surface area contributed by atoms with Crippen LogP contribution in [0.5, 0.6) is 0 Å². The lowest BCUT2D eigenvalue weighted by molar-refractivity contribution is 0.461. The van der Waals surface area contributed by atoms with Gasteiger partial charge in [-0.25, -0.2) is 0 Å². The molecule has 3 rings (SSSR count). The van der Waals surface area contributed by atoms with Crippen LogP contribution in [-0.2, 0) is 12.8 Å². The van der Waals surface area contributed by atoms with E-state index in [1.807, 2.05) is 0 Å². The molecule has 0 bridgehead atoms. The molecule has 0 atom stereocenters. The Morgan fingerprint density at radius 3 is 2.60 bits per heavy atom. The predicted octanol–water partition coefficient (Wildman–Crippen LogP) is 4.46. The van der Waals surface area contributed by atoms with E-state index in [0.717, 1.165) is 55.8 Å². The fraction of sp³-hybridized carbons (Fsp3) is 0.591. The summed E-state index contributed by atoms with van der Waals surface area (Å²) in [6, 6.07) is 11.1. The molecule has 1 aromatic heterocycles. The molecule has 1 saturated carbocycles. The minimum atomic E-state index is 0. The van der Waals surface area contributed by atoms with Crippen LogP contribution in [0.15, 0.2) is 40.5 Å². The summed E-state index contributed by atoms with van der Waals surface area (Å²) in [5.74, 6) is 2.02. The Hall–Kier alpha value is -1.29. The molecule has 166 valence electrons. The molecule has 1 heterocycles. The second-order valence-corrected chi connectivity index (χ2v) is 8.21. The highest BCUT2D eigenvalue weighted by atomic mass is 127. The van der Waals surface area contributed by atoms with Gasteiger partial charge in [-0.1, -0.05) is 54.9 Å². The molecule has 0 unspecified atom stereocenters. The van der Waals surface area contributed by atoms with Crippen molar-refractivity contribution in [2.45, 2.75) is 63.1 Å². The summed E-state index contributed by atoms with van der Waals surface area (Å²) in [7, 11) is 0. The van der Waals surface area contributed by atoms with Gasteiger partial charge in [-0.05, 0) is 44.4 Å². The van der Waals surface area contributed by atoms with Gasteiger partial charge in [0.15, 0.2) is 11.1 Å². The Bertz CT molecular complexity index is 758. The van der Waals surface area contributed by atoms with Gasteiger partial charge in [-0.3, -0.25) is 4.99 Å². The first-order chi connectivity index (χ1) is 14.3. The third kappa shape index (κ3) is 7.44. The second-order valence-electron chi connectivity index (χ2n) is 7.44. The minimum absolute atomic E-state index is 0. The molecule has 1 aliphatic carbocycles. The molecule has 0 spiro atoms. The highest BCUT2D eigenvalue weighted by molar-refractivity contribution is 14.0. The first-order valence-corrected chi connectivity index (χ1v) is 12.1. The summed E-state index contributed by atoms with van der Waals surface area (Å²) in [6.07, 6.45) is 10.1. The maximum Gasteiger partial charge on any atom is 0.191 e. The number of benzene rings is 1. The Kier molecular flexibility index (Phi) is 11.6. The minimum Gasteiger partial charge on any atom is -0.357 e. The lowest BCUT2D eigenvalue weighted by atomic mass is 10.1. The number of aryl methyl sites for hydroxylation is 1. The quantitative estimate of drug-likeness (QED) is 0.153. The van der Waals surface area contributed by atoms with Gasteiger partial charge < -0.3 is 15.2 Å². The molecule has 2 aromatic rings. The number of halogens is 1. The molecule has 1 aliphatic rings. The molecule has 1 aromatic carbocycles. The number of aliphatic imine (C=N–C) groups is 1. The van der Waals surface area contributed by atoms with E-state index in [4.69, 9.17) is 4.99 Å². The van der Waals surface area contributed by atoms with E-state index < -0.39 is 0 Å². The van der Waals surface area contributed by atoms with Gasteiger partial charge in [0.1, 0.15) is 5.82 Å². The topological polar surface area (TPSA) is 67.1 Å². The molecule has 30 heavy (non-hydrogen) atoms. The van der Waals surface area contributed by atoms with Gasteiger partial charge in [0, 0.05) is 32.1 Å². The van der Waals surface area contributed by atoms with E-state index >= 15 is 0 Å². The van der Waals surface area contributed by atoms with Crippen LogP contribution in [0, 0.1) is 0 Å². The first kappa shape index (κ1) is 25.0. The van der Waals surface area contributed by atoms with E-state index in [-0.39, 0.29) is 24.0 Å². The Balaban J connectivity index is 0.00000320. The number of aromatic nitrogens is 3. The monoisotopic (exact) mass is 542 g/mol. The summed E-state index contributed by atoms with van der Waals surface area (Å²) in [5, 5.41) is 16.7. The molecule has 0 saturated heterocycles. The van der Waals surface area contributed by atoms with Crippen molar-refractivity contribution in [3.05, 3.63) is 41.7 Å². The van der Waals surface area contributed by atoms with Crippen LogP contribution in [0.1, 0.15) is 56.5 Å². The number of guanidine groups is 1. The van der Waals surface area contributed by atoms with E-state index in [9.17, 15) is 0 Å². The van der Waals surface area contributed by atoms with Crippen molar-refractivity contribution >= 4 is 41.7 Å². The zero-order chi connectivity index (χ0) is 20.3. The average molecular weight is 543 g/mol. The van der Waals surface area contributed by atoms with Crippen molar-refractivity contribution in [3.63, 3.8) is 0 Å². The zero-order valence-corrected chi connectivity index (χ0v) is 21.3. The summed E-state index contributed by atoms with van der Waals surface area (Å²) in [5.41, 5.74) is 1.34. The van der Waals surface area contributed by atoms with E-state index in [0.29, 0.717) is 6.04 Å². The highest BCUT2D eigenvalue weighted by Crippen LogP contribution is 2.33. The fourth-order valence-corrected chi connectivity index (χ4v) is 4.46. The van der Waals surface area contributed by atoms with Crippen molar-refractivity contribution in [1.82, 2.24) is 25.4 Å². The third-order valence-corrected chi connectivity index (χ3v) is 5.97. The third-order valence-electron chi connectivity index (χ3n) is 5.33. The lowest BCUT2D eigenvalue weighted by Crippen LogP contribution is -2.38. The molecular formula is C22H35IN6S. The Labute approximate surface area is 202 Å². The second kappa shape index (κ2) is 13.9. The number of nitrogens with zero attached hydrogens (tertiary/aromatic N) is 4. The molecule has 0 radical (unpaired) electrons. The number of rotatable bonds is 10. The van der Waals surface area contributed by atoms with Crippen LogP contribution in [0.3, 0.4) is 0 Å². The van der Waals surface area contributed by atoms with Gasteiger partial charge in [-0.15, -0.1) is 34.2 Å². The first-order valence-electron chi connectivity index (χ1n) is 10.9. The molecule has 8 heteroatoms. The maximum absolute atomic E-state index is 4.75. The smallest absolute Gasteiger partial charge is 0.191 e. The summed E-state index contributed by atoms with van der Waals surface area (Å²) < 4.78 is 2.39. The lowest BCUT2D eigenvalue weighted by Gasteiger charge is -2.16. The number of nitrogens with one attached hydrogen (secondary N) is 2. The average Bonchev–Trinajstić information content (AvgIpc) is 3.41. The highest BCUT2D eigenvalue weighted by Gasteiger charge is 2.23. The Morgan fingerprint density at radius 2 is 1.90 bits per heavy atom. The molecule has 0 aliphatic heterocycles. The van der Waals surface area contributed by atoms with Crippen molar-refractivity contribution in [2.75, 3.05) is 25.9 Å². The van der Waals surface area contributed by atoms with Gasteiger partial charge in [0.25, 0.3) is 0 Å². The normalized spacial score (nSPS) is 14.5. The molecule has 0 amide bonds. The van der Waals surface area contributed by atoms with Gasteiger partial charge in [0.05, 0.1) is 0 Å². The van der Waals surface area contributed by atoms with Crippen molar-refractivity contribution in [1.29, 1.82) is 0 Å². The van der Waals surface area contributed by atoms with Crippen LogP contribution in [0.4, 0.5) is 0 Å². The van der Waals surface area contributed by atoms with Crippen molar-refractivity contribution < 1.29 is 0 Å². The predicted molar refractivity (Wildman–Crippen MR) is 137 cm³/mol. The van der Waals surface area contributed by atoms with Gasteiger partial charge >= 0.3 is 0 Å². The molecule has 2 N–H and O–H groups in total. The summed E-state index contributed by atoms with van der Waals surface area (Å²) in [4.78, 5) is 4.75. The number of hydrogen-bond donors (Lipinski definition) is 2. The number of hydrogen-bond acceptors (Lipinski definition) is 4. The van der Waals surface area contributed by atoms with Gasteiger partial charge in [0.2, 0.25) is 0 Å². The van der Waals surface area contributed by atoms with Crippen LogP contribution < -0.4 is 10.6 Å². The molecule has 6 nitrogen and oxygen atoms in total. The van der Waals surface area contributed by atoms with Crippen molar-refractivity contribution in [3.8, 4) is 0 Å². The molecular weight excluding hydrogens is 507 g/mol. The van der Waals surface area contributed by atoms with Crippen LogP contribution in [-0.4, -0.2) is 46.6 Å². The SMILES string of the molecule is CCNC(=NCCCc1nnc(SC)n1C1CCCC1)NCCc1ccccc1.I. The van der Waals surface area contributed by atoms with E-state index in [1.54, 1.807) is 11.8 Å². The van der Waals surface area contributed by atoms with Crippen LogP contribution in [0.25, 0.3) is 0 Å². The summed E-state index contributed by atoms with van der Waals surface area (Å²) in [6.45, 7) is 4.63. The maximum atomic E-state index is 4.75. The summed E-state index contributed by atoms with van der Waals surface area (Å²) >= 11 is 1.70. The van der Waals surface area contributed by atoms with E-state index in [2.05, 4.69) is 68.9 Å². The number of thioether (sulfide) groups is 1. The fourth-order valence-electron chi connectivity index (χ4n) is 3.89. The van der Waals surface area contributed by atoms with Crippen LogP contribution >= 0.6 is 35.7 Å². The van der Waals surface area contributed by atoms with Crippen LogP contribution in [0.2, 0.25) is 0 Å². The Morgan fingerprint density at radius 1 is 1.13 bits per heavy atom. The van der Waals surface area contributed by atoms with Crippen molar-refractivity contribution in [2.24, 2.45) is 4.99 Å².